The number of H-pyrrole nitrogens is 1. The van der Waals surface area contributed by atoms with Crippen LogP contribution in [0.15, 0.2) is 29.7 Å². The molecule has 9 heteroatoms. The normalized spacial score (nSPS) is 11.2. The van der Waals surface area contributed by atoms with Crippen molar-refractivity contribution in [2.75, 3.05) is 14.2 Å². The van der Waals surface area contributed by atoms with Crippen LogP contribution in [0.5, 0.6) is 0 Å². The summed E-state index contributed by atoms with van der Waals surface area (Å²) in [5, 5.41) is 0. The molecule has 0 aliphatic carbocycles. The van der Waals surface area contributed by atoms with Crippen LogP contribution in [0.3, 0.4) is 0 Å². The van der Waals surface area contributed by atoms with E-state index in [1.54, 1.807) is 0 Å². The van der Waals surface area contributed by atoms with Crippen molar-refractivity contribution >= 4 is 34.7 Å². The third-order valence-corrected chi connectivity index (χ3v) is 3.42. The van der Waals surface area contributed by atoms with Gasteiger partial charge in [0.1, 0.15) is 17.4 Å². The third-order valence-electron chi connectivity index (χ3n) is 3.42. The van der Waals surface area contributed by atoms with E-state index in [0.717, 1.165) is 6.08 Å². The van der Waals surface area contributed by atoms with Gasteiger partial charge in [0.05, 0.1) is 26.1 Å². The van der Waals surface area contributed by atoms with E-state index >= 15 is 0 Å². The van der Waals surface area contributed by atoms with Gasteiger partial charge in [-0.15, -0.1) is 0 Å². The Hall–Kier alpha value is -3.49. The zero-order valence-electron chi connectivity index (χ0n) is 12.8. The van der Waals surface area contributed by atoms with Crippen LogP contribution in [0.25, 0.3) is 22.8 Å². The number of rotatable bonds is 3. The van der Waals surface area contributed by atoms with Crippen LogP contribution in [-0.2, 0) is 14.3 Å². The van der Waals surface area contributed by atoms with Crippen molar-refractivity contribution in [1.29, 1.82) is 0 Å². The van der Waals surface area contributed by atoms with Crippen LogP contribution < -0.4 is 5.43 Å². The van der Waals surface area contributed by atoms with E-state index < -0.39 is 17.4 Å². The Labute approximate surface area is 134 Å². The predicted octanol–water partition coefficient (Wildman–Crippen LogP) is 0.544. The minimum atomic E-state index is -0.785. The first-order valence-corrected chi connectivity index (χ1v) is 6.78. The van der Waals surface area contributed by atoms with E-state index in [1.165, 1.54) is 43.5 Å². The standard InChI is InChI=1S/C15H12N4O5/c1-23-10(20)4-3-8-12-11-14(17-6-16-11)18-7-19(12)5-9(13(8)21)15(22)24-2/h3-7H,1-2H3,(H,16,17). The highest BCUT2D eigenvalue weighted by Crippen LogP contribution is 2.18. The number of hydrogen-bond donors (Lipinski definition) is 1. The van der Waals surface area contributed by atoms with Gasteiger partial charge in [0.25, 0.3) is 0 Å². The lowest BCUT2D eigenvalue weighted by Gasteiger charge is -2.08. The highest BCUT2D eigenvalue weighted by atomic mass is 16.5. The fourth-order valence-corrected chi connectivity index (χ4v) is 2.31. The molecule has 0 amide bonds. The van der Waals surface area contributed by atoms with E-state index in [9.17, 15) is 14.4 Å². The second kappa shape index (κ2) is 5.95. The number of hydrogen-bond acceptors (Lipinski definition) is 7. The lowest BCUT2D eigenvalue weighted by atomic mass is 10.1. The Morgan fingerprint density at radius 3 is 2.75 bits per heavy atom. The first-order valence-electron chi connectivity index (χ1n) is 6.78. The Morgan fingerprint density at radius 2 is 2.04 bits per heavy atom. The van der Waals surface area contributed by atoms with Gasteiger partial charge in [-0.25, -0.2) is 19.6 Å². The monoisotopic (exact) mass is 328 g/mol. The summed E-state index contributed by atoms with van der Waals surface area (Å²) in [4.78, 5) is 47.0. The SMILES string of the molecule is COC(=O)C=Cc1c(=O)c(C(=O)OC)cn2cnc3nc[nH]c3c12. The molecule has 24 heavy (non-hydrogen) atoms. The van der Waals surface area contributed by atoms with Crippen molar-refractivity contribution in [2.45, 2.75) is 0 Å². The van der Waals surface area contributed by atoms with Crippen molar-refractivity contribution in [3.8, 4) is 0 Å². The van der Waals surface area contributed by atoms with Crippen molar-refractivity contribution in [3.05, 3.63) is 46.3 Å². The number of pyridine rings is 1. The molecule has 3 rings (SSSR count). The van der Waals surface area contributed by atoms with Crippen molar-refractivity contribution < 1.29 is 19.1 Å². The molecule has 0 unspecified atom stereocenters. The molecule has 0 fully saturated rings. The predicted molar refractivity (Wildman–Crippen MR) is 83.5 cm³/mol. The Bertz CT molecular complexity index is 1050. The molecule has 0 atom stereocenters. The average Bonchev–Trinajstić information content (AvgIpc) is 3.08. The zero-order valence-corrected chi connectivity index (χ0v) is 12.8. The fourth-order valence-electron chi connectivity index (χ4n) is 2.31. The lowest BCUT2D eigenvalue weighted by Crippen LogP contribution is -2.21. The zero-order chi connectivity index (χ0) is 17.3. The molecule has 0 aromatic carbocycles. The number of nitrogens with one attached hydrogen (secondary N) is 1. The van der Waals surface area contributed by atoms with Gasteiger partial charge in [0.15, 0.2) is 5.65 Å². The van der Waals surface area contributed by atoms with E-state index in [2.05, 4.69) is 24.4 Å². The number of carbonyl (C=O) groups is 2. The van der Waals surface area contributed by atoms with Crippen molar-refractivity contribution in [1.82, 2.24) is 19.4 Å². The van der Waals surface area contributed by atoms with Gasteiger partial charge in [-0.2, -0.15) is 0 Å². The van der Waals surface area contributed by atoms with Gasteiger partial charge in [-0.05, 0) is 6.08 Å². The molecule has 0 saturated heterocycles. The Kier molecular flexibility index (Phi) is 3.82. The van der Waals surface area contributed by atoms with Crippen LogP contribution in [0.1, 0.15) is 15.9 Å². The molecule has 0 aliphatic rings. The minimum absolute atomic E-state index is 0.111. The van der Waals surface area contributed by atoms with Crippen LogP contribution in [-0.4, -0.2) is 45.5 Å². The summed E-state index contributed by atoms with van der Waals surface area (Å²) in [6.45, 7) is 0. The Morgan fingerprint density at radius 1 is 1.25 bits per heavy atom. The van der Waals surface area contributed by atoms with Gasteiger partial charge in [-0.1, -0.05) is 0 Å². The second-order valence-electron chi connectivity index (χ2n) is 4.74. The number of aromatic nitrogens is 4. The maximum Gasteiger partial charge on any atom is 0.343 e. The van der Waals surface area contributed by atoms with Gasteiger partial charge in [0, 0.05) is 17.8 Å². The highest BCUT2D eigenvalue weighted by molar-refractivity contribution is 5.98. The Balaban J connectivity index is 2.42. The maximum atomic E-state index is 12.7. The summed E-state index contributed by atoms with van der Waals surface area (Å²) < 4.78 is 10.7. The highest BCUT2D eigenvalue weighted by Gasteiger charge is 2.18. The van der Waals surface area contributed by atoms with E-state index in [-0.39, 0.29) is 11.1 Å². The van der Waals surface area contributed by atoms with Crippen LogP contribution in [0.4, 0.5) is 0 Å². The number of methoxy groups -OCH3 is 2. The van der Waals surface area contributed by atoms with Crippen molar-refractivity contribution in [3.63, 3.8) is 0 Å². The molecule has 0 saturated carbocycles. The topological polar surface area (TPSA) is 116 Å². The molecular formula is C15H12N4O5. The molecule has 0 bridgehead atoms. The molecule has 3 aromatic heterocycles. The number of ether oxygens (including phenoxy) is 2. The number of aromatic amines is 1. The van der Waals surface area contributed by atoms with Gasteiger partial charge in [-0.3, -0.25) is 4.79 Å². The average molecular weight is 328 g/mol. The van der Waals surface area contributed by atoms with Gasteiger partial charge < -0.3 is 18.9 Å². The first kappa shape index (κ1) is 15.4. The molecule has 1 N–H and O–H groups in total. The van der Waals surface area contributed by atoms with Crippen molar-refractivity contribution in [2.24, 2.45) is 0 Å². The number of carbonyl (C=O) groups excluding carboxylic acids is 2. The molecule has 3 heterocycles. The van der Waals surface area contributed by atoms with Gasteiger partial charge in [0.2, 0.25) is 5.43 Å². The molecule has 0 aliphatic heterocycles. The second-order valence-corrected chi connectivity index (χ2v) is 4.74. The molecule has 122 valence electrons. The van der Waals surface area contributed by atoms with E-state index in [0.29, 0.717) is 16.7 Å². The fraction of sp³-hybridized carbons (Fsp3) is 0.133. The largest absolute Gasteiger partial charge is 0.466 e. The number of imidazole rings is 1. The summed E-state index contributed by atoms with van der Waals surface area (Å²) in [5.41, 5.74) is 0.669. The summed E-state index contributed by atoms with van der Waals surface area (Å²) >= 11 is 0. The minimum Gasteiger partial charge on any atom is -0.466 e. The van der Waals surface area contributed by atoms with Crippen LogP contribution >= 0.6 is 0 Å². The number of esters is 2. The van der Waals surface area contributed by atoms with Crippen LogP contribution in [0.2, 0.25) is 0 Å². The molecular weight excluding hydrogens is 316 g/mol. The first-order chi connectivity index (χ1) is 11.6. The summed E-state index contributed by atoms with van der Waals surface area (Å²) in [7, 11) is 2.40. The summed E-state index contributed by atoms with van der Waals surface area (Å²) in [6.07, 6.45) is 6.56. The summed E-state index contributed by atoms with van der Waals surface area (Å²) in [5.74, 6) is -1.42. The molecule has 0 radical (unpaired) electrons. The number of nitrogens with zero attached hydrogens (tertiary/aromatic N) is 3. The third kappa shape index (κ3) is 2.41. The quantitative estimate of drug-likeness (QED) is 0.551. The van der Waals surface area contributed by atoms with E-state index in [4.69, 9.17) is 0 Å². The van der Waals surface area contributed by atoms with Gasteiger partial charge >= 0.3 is 11.9 Å². The summed E-state index contributed by atoms with van der Waals surface area (Å²) in [6, 6.07) is 0. The molecule has 0 spiro atoms. The van der Waals surface area contributed by atoms with Crippen LogP contribution in [0, 0.1) is 0 Å². The lowest BCUT2D eigenvalue weighted by molar-refractivity contribution is -0.134. The maximum absolute atomic E-state index is 12.7. The van der Waals surface area contributed by atoms with E-state index in [1.807, 2.05) is 0 Å². The molecule has 3 aromatic rings. The smallest absolute Gasteiger partial charge is 0.343 e. The molecule has 9 nitrogen and oxygen atoms in total. The number of fused-ring (bicyclic) bond motifs is 3.